The van der Waals surface area contributed by atoms with Crippen LogP contribution in [-0.2, 0) is 17.8 Å². The topological polar surface area (TPSA) is 82.1 Å². The summed E-state index contributed by atoms with van der Waals surface area (Å²) in [5, 5.41) is 13.0. The van der Waals surface area contributed by atoms with E-state index in [9.17, 15) is 14.7 Å². The molecule has 1 aliphatic heterocycles. The van der Waals surface area contributed by atoms with Crippen LogP contribution >= 0.6 is 0 Å². The van der Waals surface area contributed by atoms with Crippen molar-refractivity contribution in [2.45, 2.75) is 39.0 Å². The minimum atomic E-state index is -0.367. The maximum absolute atomic E-state index is 13.8. The van der Waals surface area contributed by atoms with Crippen molar-refractivity contribution in [2.75, 3.05) is 32.1 Å². The lowest BCUT2D eigenvalue weighted by molar-refractivity contribution is -0.115. The molecule has 7 heteroatoms. The normalized spacial score (nSPS) is 17.3. The number of amides is 2. The first-order valence-corrected chi connectivity index (χ1v) is 15.2. The molecule has 5 rings (SSSR count). The number of ether oxygens (including phenoxy) is 1. The first-order valence-electron chi connectivity index (χ1n) is 15.2. The largest absolute Gasteiger partial charge is 0.486 e. The van der Waals surface area contributed by atoms with Crippen LogP contribution in [0, 0.1) is 5.92 Å². The second-order valence-electron chi connectivity index (χ2n) is 11.8. The van der Waals surface area contributed by atoms with Gasteiger partial charge in [0.2, 0.25) is 5.91 Å². The molecule has 0 bridgehead atoms. The number of hydrogen-bond donors (Lipinski definition) is 2. The van der Waals surface area contributed by atoms with Gasteiger partial charge in [0.05, 0.1) is 30.3 Å². The van der Waals surface area contributed by atoms with Crippen LogP contribution in [0.3, 0.4) is 0 Å². The number of carbonyl (C=O) groups excluding carboxylic acids is 2. The van der Waals surface area contributed by atoms with Crippen molar-refractivity contribution in [3.63, 3.8) is 0 Å². The number of carbonyl (C=O) groups is 2. The number of para-hydroxylation sites is 1. The fraction of sp³-hybridized carbons (Fsp3) is 0.297. The Morgan fingerprint density at radius 1 is 0.932 bits per heavy atom. The van der Waals surface area contributed by atoms with Crippen LogP contribution in [0.4, 0.5) is 5.69 Å². The molecular formula is C37H41N3O4. The van der Waals surface area contributed by atoms with Crippen molar-refractivity contribution in [1.82, 2.24) is 9.80 Å². The van der Waals surface area contributed by atoms with E-state index < -0.39 is 0 Å². The van der Waals surface area contributed by atoms with Crippen molar-refractivity contribution in [3.8, 4) is 16.9 Å². The maximum Gasteiger partial charge on any atom is 0.258 e. The molecule has 0 radical (unpaired) electrons. The number of hydrogen-bond acceptors (Lipinski definition) is 5. The van der Waals surface area contributed by atoms with E-state index in [1.54, 1.807) is 23.1 Å². The summed E-state index contributed by atoms with van der Waals surface area (Å²) in [5.74, 6) is -0.0925. The van der Waals surface area contributed by atoms with Gasteiger partial charge in [0, 0.05) is 25.6 Å². The molecule has 2 amide bonds. The zero-order valence-corrected chi connectivity index (χ0v) is 25.6. The number of rotatable bonds is 10. The van der Waals surface area contributed by atoms with E-state index >= 15 is 0 Å². The minimum Gasteiger partial charge on any atom is -0.486 e. The quantitative estimate of drug-likeness (QED) is 0.241. The average Bonchev–Trinajstić information content (AvgIpc) is 3.04. The third-order valence-corrected chi connectivity index (χ3v) is 8.18. The molecule has 3 atom stereocenters. The molecule has 7 nitrogen and oxygen atoms in total. The summed E-state index contributed by atoms with van der Waals surface area (Å²) < 4.78 is 6.68. The van der Waals surface area contributed by atoms with Gasteiger partial charge in [-0.2, -0.15) is 0 Å². The van der Waals surface area contributed by atoms with Gasteiger partial charge in [-0.3, -0.25) is 14.5 Å². The molecule has 4 aromatic rings. The summed E-state index contributed by atoms with van der Waals surface area (Å²) >= 11 is 0. The maximum atomic E-state index is 13.8. The van der Waals surface area contributed by atoms with Gasteiger partial charge in [-0.25, -0.2) is 0 Å². The molecule has 0 saturated heterocycles. The van der Waals surface area contributed by atoms with Gasteiger partial charge in [-0.05, 0) is 48.4 Å². The van der Waals surface area contributed by atoms with Crippen molar-refractivity contribution in [3.05, 3.63) is 120 Å². The van der Waals surface area contributed by atoms with Crippen LogP contribution in [-0.4, -0.2) is 65.6 Å². The van der Waals surface area contributed by atoms with Crippen LogP contribution in [0.25, 0.3) is 11.1 Å². The van der Waals surface area contributed by atoms with Crippen molar-refractivity contribution >= 4 is 17.5 Å². The predicted octanol–water partition coefficient (Wildman–Crippen LogP) is 5.89. The van der Waals surface area contributed by atoms with Gasteiger partial charge >= 0.3 is 0 Å². The number of fused-ring (bicyclic) bond motifs is 1. The number of anilines is 1. The molecule has 0 spiro atoms. The third-order valence-electron chi connectivity index (χ3n) is 8.18. The highest BCUT2D eigenvalue weighted by Gasteiger charge is 2.34. The zero-order valence-electron chi connectivity index (χ0n) is 25.6. The molecular weight excluding hydrogens is 550 g/mol. The molecule has 44 heavy (non-hydrogen) atoms. The van der Waals surface area contributed by atoms with Gasteiger partial charge in [0.25, 0.3) is 5.91 Å². The lowest BCUT2D eigenvalue weighted by Gasteiger charge is -2.38. The Morgan fingerprint density at radius 3 is 2.27 bits per heavy atom. The average molecular weight is 592 g/mol. The van der Waals surface area contributed by atoms with E-state index in [-0.39, 0.29) is 42.9 Å². The molecule has 1 aliphatic rings. The van der Waals surface area contributed by atoms with Crippen molar-refractivity contribution in [1.29, 1.82) is 0 Å². The SMILES string of the molecule is C[C@H](CO)N1C[C@H](C)[C@@H](CN(C)Cc2ccc(-c3ccccc3)cc2)Oc2c(NC(=O)Cc3ccccc3)cccc2C1=O. The van der Waals surface area contributed by atoms with Crippen LogP contribution in [0.1, 0.15) is 35.3 Å². The Bertz CT molecular complexity index is 1540. The molecule has 2 N–H and O–H groups in total. The van der Waals surface area contributed by atoms with Crippen LogP contribution in [0.15, 0.2) is 103 Å². The van der Waals surface area contributed by atoms with E-state index in [0.29, 0.717) is 30.1 Å². The van der Waals surface area contributed by atoms with Gasteiger partial charge in [0.1, 0.15) is 6.10 Å². The summed E-state index contributed by atoms with van der Waals surface area (Å²) in [5.41, 5.74) is 5.28. The fourth-order valence-corrected chi connectivity index (χ4v) is 5.65. The number of likely N-dealkylation sites (N-methyl/N-ethyl adjacent to an activating group) is 1. The van der Waals surface area contributed by atoms with Crippen LogP contribution in [0.2, 0.25) is 0 Å². The fourth-order valence-electron chi connectivity index (χ4n) is 5.65. The highest BCUT2D eigenvalue weighted by molar-refractivity contribution is 6.02. The minimum absolute atomic E-state index is 0.0444. The lowest BCUT2D eigenvalue weighted by Crippen LogP contribution is -2.49. The molecule has 0 unspecified atom stereocenters. The zero-order chi connectivity index (χ0) is 31.1. The second-order valence-corrected chi connectivity index (χ2v) is 11.8. The van der Waals surface area contributed by atoms with E-state index in [0.717, 1.165) is 12.1 Å². The first kappa shape index (κ1) is 31.0. The van der Waals surface area contributed by atoms with E-state index in [1.807, 2.05) is 55.5 Å². The van der Waals surface area contributed by atoms with Gasteiger partial charge in [0.15, 0.2) is 5.75 Å². The molecule has 1 heterocycles. The van der Waals surface area contributed by atoms with Crippen LogP contribution in [0.5, 0.6) is 5.75 Å². The smallest absolute Gasteiger partial charge is 0.258 e. The number of aliphatic hydroxyl groups excluding tert-OH is 1. The number of nitrogens with one attached hydrogen (secondary N) is 1. The summed E-state index contributed by atoms with van der Waals surface area (Å²) in [7, 11) is 2.06. The summed E-state index contributed by atoms with van der Waals surface area (Å²) in [6, 6.07) is 33.3. The number of benzene rings is 4. The molecule has 0 fully saturated rings. The Balaban J connectivity index is 1.37. The highest BCUT2D eigenvalue weighted by Crippen LogP contribution is 2.35. The number of aliphatic hydroxyl groups is 1. The third kappa shape index (κ3) is 7.54. The highest BCUT2D eigenvalue weighted by atomic mass is 16.5. The molecule has 0 saturated carbocycles. The second kappa shape index (κ2) is 14.3. The Morgan fingerprint density at radius 2 is 1.59 bits per heavy atom. The lowest BCUT2D eigenvalue weighted by atomic mass is 9.98. The Kier molecular flexibility index (Phi) is 10.1. The Hall–Kier alpha value is -4.46. The van der Waals surface area contributed by atoms with Crippen molar-refractivity contribution in [2.24, 2.45) is 5.92 Å². The molecule has 0 aromatic heterocycles. The summed E-state index contributed by atoms with van der Waals surface area (Å²) in [6.45, 7) is 5.53. The van der Waals surface area contributed by atoms with E-state index in [4.69, 9.17) is 4.74 Å². The van der Waals surface area contributed by atoms with Crippen LogP contribution < -0.4 is 10.1 Å². The molecule has 228 valence electrons. The molecule has 0 aliphatic carbocycles. The van der Waals surface area contributed by atoms with Gasteiger partial charge in [-0.15, -0.1) is 0 Å². The van der Waals surface area contributed by atoms with E-state index in [2.05, 4.69) is 60.6 Å². The standard InChI is InChI=1S/C37H41N3O4/c1-26-22-40(27(2)25-41)37(43)32-15-10-16-33(38-35(42)21-28-11-6-4-7-12-28)36(32)44-34(26)24-39(3)23-29-17-19-31(20-18-29)30-13-8-5-9-14-30/h4-20,26-27,34,41H,21-25H2,1-3H3,(H,38,42)/t26-,27+,34+/m0/s1. The Labute approximate surface area is 260 Å². The van der Waals surface area contributed by atoms with Gasteiger partial charge in [-0.1, -0.05) is 97.9 Å². The number of nitrogens with zero attached hydrogens (tertiary/aromatic N) is 2. The first-order chi connectivity index (χ1) is 21.3. The predicted molar refractivity (Wildman–Crippen MR) is 175 cm³/mol. The van der Waals surface area contributed by atoms with E-state index in [1.165, 1.54) is 16.7 Å². The molecule has 4 aromatic carbocycles. The van der Waals surface area contributed by atoms with Gasteiger partial charge < -0.3 is 20.1 Å². The van der Waals surface area contributed by atoms with Crippen molar-refractivity contribution < 1.29 is 19.4 Å². The summed E-state index contributed by atoms with van der Waals surface area (Å²) in [4.78, 5) is 30.8. The summed E-state index contributed by atoms with van der Waals surface area (Å²) in [6.07, 6.45) is -0.0754. The monoisotopic (exact) mass is 591 g/mol.